The molecule has 0 aliphatic rings. The average Bonchev–Trinajstić information content (AvgIpc) is 2.86. The van der Waals surface area contributed by atoms with Crippen molar-refractivity contribution in [3.63, 3.8) is 0 Å². The lowest BCUT2D eigenvalue weighted by atomic mass is 10.1. The van der Waals surface area contributed by atoms with Gasteiger partial charge in [0.15, 0.2) is 0 Å². The van der Waals surface area contributed by atoms with Gasteiger partial charge in [-0.3, -0.25) is 4.79 Å². The summed E-state index contributed by atoms with van der Waals surface area (Å²) < 4.78 is 25.6. The Morgan fingerprint density at radius 1 is 1.35 bits per heavy atom. The predicted molar refractivity (Wildman–Crippen MR) is 73.0 cm³/mol. The smallest absolute Gasteiger partial charge is 0.325 e. The van der Waals surface area contributed by atoms with E-state index in [9.17, 15) is 9.18 Å². The minimum atomic E-state index is -0.395. The molecule has 0 aliphatic heterocycles. The molecule has 0 spiro atoms. The predicted octanol–water partition coefficient (Wildman–Crippen LogP) is 2.87. The Balaban J connectivity index is 2.30. The highest BCUT2D eigenvalue weighted by Gasteiger charge is 2.12. The van der Waals surface area contributed by atoms with Crippen molar-refractivity contribution in [2.24, 2.45) is 0 Å². The van der Waals surface area contributed by atoms with E-state index in [1.807, 2.05) is 0 Å². The van der Waals surface area contributed by atoms with Crippen molar-refractivity contribution < 1.29 is 18.7 Å². The van der Waals surface area contributed by atoms with Crippen molar-refractivity contribution in [3.05, 3.63) is 42.3 Å². The lowest BCUT2D eigenvalue weighted by Gasteiger charge is -2.10. The fraction of sp³-hybridized carbons (Fsp3) is 0.267. The van der Waals surface area contributed by atoms with Gasteiger partial charge in [-0.2, -0.15) is 0 Å². The van der Waals surface area contributed by atoms with E-state index in [1.54, 1.807) is 42.0 Å². The second-order valence-electron chi connectivity index (χ2n) is 4.17. The highest BCUT2D eigenvalue weighted by atomic mass is 19.1. The molecule has 1 aromatic carbocycles. The molecule has 1 aromatic heterocycles. The first-order valence-electron chi connectivity index (χ1n) is 6.30. The molecule has 0 bridgehead atoms. The molecule has 20 heavy (non-hydrogen) atoms. The zero-order valence-corrected chi connectivity index (χ0v) is 11.4. The molecular formula is C15H16FNO3. The summed E-state index contributed by atoms with van der Waals surface area (Å²) in [5.41, 5.74) is 1.04. The number of carbonyl (C=O) groups excluding carboxylic acids is 1. The molecule has 0 unspecified atom stereocenters. The average molecular weight is 277 g/mol. The highest BCUT2D eigenvalue weighted by molar-refractivity contribution is 5.71. The Morgan fingerprint density at radius 3 is 2.80 bits per heavy atom. The molecule has 0 aliphatic carbocycles. The fourth-order valence-electron chi connectivity index (χ4n) is 1.97. The molecule has 2 rings (SSSR count). The monoisotopic (exact) mass is 277 g/mol. The van der Waals surface area contributed by atoms with Gasteiger partial charge in [-0.25, -0.2) is 4.39 Å². The summed E-state index contributed by atoms with van der Waals surface area (Å²) in [7, 11) is 1.48. The van der Waals surface area contributed by atoms with Crippen molar-refractivity contribution >= 4 is 5.97 Å². The summed E-state index contributed by atoms with van der Waals surface area (Å²) in [4.78, 5) is 11.5. The van der Waals surface area contributed by atoms with Crippen LogP contribution in [0.2, 0.25) is 0 Å². The van der Waals surface area contributed by atoms with Crippen molar-refractivity contribution in [2.45, 2.75) is 13.5 Å². The van der Waals surface area contributed by atoms with E-state index in [-0.39, 0.29) is 12.5 Å². The second-order valence-corrected chi connectivity index (χ2v) is 4.17. The zero-order chi connectivity index (χ0) is 14.5. The van der Waals surface area contributed by atoms with Crippen LogP contribution < -0.4 is 4.74 Å². The number of rotatable bonds is 5. The van der Waals surface area contributed by atoms with Crippen LogP contribution in [0, 0.1) is 5.82 Å². The van der Waals surface area contributed by atoms with Gasteiger partial charge in [0.2, 0.25) is 0 Å². The molecular weight excluding hydrogens is 261 g/mol. The van der Waals surface area contributed by atoms with E-state index < -0.39 is 5.82 Å². The zero-order valence-electron chi connectivity index (χ0n) is 11.4. The third-order valence-electron chi connectivity index (χ3n) is 2.89. The third kappa shape index (κ3) is 2.99. The van der Waals surface area contributed by atoms with Gasteiger partial charge in [0.25, 0.3) is 0 Å². The van der Waals surface area contributed by atoms with Crippen LogP contribution in [0.25, 0.3) is 11.3 Å². The number of aromatic nitrogens is 1. The summed E-state index contributed by atoms with van der Waals surface area (Å²) >= 11 is 0. The summed E-state index contributed by atoms with van der Waals surface area (Å²) in [6, 6.07) is 8.14. The first kappa shape index (κ1) is 14.1. The largest absolute Gasteiger partial charge is 0.497 e. The number of benzene rings is 1. The summed E-state index contributed by atoms with van der Waals surface area (Å²) in [6.07, 6.45) is 1.72. The molecule has 0 saturated heterocycles. The Bertz CT molecular complexity index is 607. The van der Waals surface area contributed by atoms with Crippen LogP contribution in [0.5, 0.6) is 5.75 Å². The topological polar surface area (TPSA) is 40.5 Å². The fourth-order valence-corrected chi connectivity index (χ4v) is 1.97. The third-order valence-corrected chi connectivity index (χ3v) is 2.89. The molecule has 0 amide bonds. The first-order chi connectivity index (χ1) is 9.65. The molecule has 4 nitrogen and oxygen atoms in total. The Kier molecular flexibility index (Phi) is 4.40. The Hall–Kier alpha value is -2.30. The molecule has 0 N–H and O–H groups in total. The van der Waals surface area contributed by atoms with Crippen LogP contribution in [0.1, 0.15) is 6.92 Å². The highest BCUT2D eigenvalue weighted by Crippen LogP contribution is 2.26. The SMILES string of the molecule is CCOC(=O)Cn1cccc1-c1ccc(OC)cc1F. The van der Waals surface area contributed by atoms with Crippen LogP contribution in [0.3, 0.4) is 0 Å². The van der Waals surface area contributed by atoms with Crippen molar-refractivity contribution in [1.29, 1.82) is 0 Å². The van der Waals surface area contributed by atoms with E-state index in [0.29, 0.717) is 23.6 Å². The molecule has 0 fully saturated rings. The van der Waals surface area contributed by atoms with Crippen molar-refractivity contribution in [1.82, 2.24) is 4.57 Å². The van der Waals surface area contributed by atoms with Crippen LogP contribution in [-0.2, 0) is 16.1 Å². The van der Waals surface area contributed by atoms with Gasteiger partial charge in [-0.15, -0.1) is 0 Å². The molecule has 2 aromatic rings. The minimum Gasteiger partial charge on any atom is -0.497 e. The lowest BCUT2D eigenvalue weighted by molar-refractivity contribution is -0.143. The number of nitrogens with zero attached hydrogens (tertiary/aromatic N) is 1. The normalized spacial score (nSPS) is 10.3. The first-order valence-corrected chi connectivity index (χ1v) is 6.30. The quantitative estimate of drug-likeness (QED) is 0.789. The molecule has 1 heterocycles. The molecule has 0 saturated carbocycles. The number of ether oxygens (including phenoxy) is 2. The van der Waals surface area contributed by atoms with Crippen LogP contribution in [0.4, 0.5) is 4.39 Å². The minimum absolute atomic E-state index is 0.0572. The number of methoxy groups -OCH3 is 1. The number of halogens is 1. The number of hydrogen-bond donors (Lipinski definition) is 0. The van der Waals surface area contributed by atoms with Crippen LogP contribution in [0.15, 0.2) is 36.5 Å². The van der Waals surface area contributed by atoms with Gasteiger partial charge in [0.1, 0.15) is 18.1 Å². The van der Waals surface area contributed by atoms with E-state index in [2.05, 4.69) is 0 Å². The van der Waals surface area contributed by atoms with Gasteiger partial charge in [-0.1, -0.05) is 0 Å². The maximum Gasteiger partial charge on any atom is 0.325 e. The molecule has 0 atom stereocenters. The standard InChI is InChI=1S/C15H16FNO3/c1-3-20-15(18)10-17-8-4-5-14(17)12-7-6-11(19-2)9-13(12)16/h4-9H,3,10H2,1-2H3. The number of carbonyl (C=O) groups is 1. The second kappa shape index (κ2) is 6.23. The summed E-state index contributed by atoms with van der Waals surface area (Å²) in [6.45, 7) is 2.13. The van der Waals surface area contributed by atoms with Gasteiger partial charge >= 0.3 is 5.97 Å². The van der Waals surface area contributed by atoms with E-state index in [4.69, 9.17) is 9.47 Å². The van der Waals surface area contributed by atoms with Gasteiger partial charge in [0, 0.05) is 17.8 Å². The van der Waals surface area contributed by atoms with E-state index >= 15 is 0 Å². The van der Waals surface area contributed by atoms with Crippen LogP contribution in [-0.4, -0.2) is 24.3 Å². The Labute approximate surface area is 116 Å². The van der Waals surface area contributed by atoms with E-state index in [1.165, 1.54) is 13.2 Å². The van der Waals surface area contributed by atoms with Gasteiger partial charge < -0.3 is 14.0 Å². The summed E-state index contributed by atoms with van der Waals surface area (Å²) in [5.74, 6) is -0.290. The Morgan fingerprint density at radius 2 is 2.15 bits per heavy atom. The van der Waals surface area contributed by atoms with Crippen molar-refractivity contribution in [3.8, 4) is 17.0 Å². The van der Waals surface area contributed by atoms with Gasteiger partial charge in [0.05, 0.1) is 19.4 Å². The maximum absolute atomic E-state index is 14.1. The number of esters is 1. The maximum atomic E-state index is 14.1. The lowest BCUT2D eigenvalue weighted by Crippen LogP contribution is -2.13. The van der Waals surface area contributed by atoms with Crippen molar-refractivity contribution in [2.75, 3.05) is 13.7 Å². The van der Waals surface area contributed by atoms with E-state index in [0.717, 1.165) is 0 Å². The summed E-state index contributed by atoms with van der Waals surface area (Å²) in [5, 5.41) is 0. The molecule has 5 heteroatoms. The molecule has 0 radical (unpaired) electrons. The number of hydrogen-bond acceptors (Lipinski definition) is 3. The molecule has 106 valence electrons. The van der Waals surface area contributed by atoms with Gasteiger partial charge in [-0.05, 0) is 31.2 Å². The van der Waals surface area contributed by atoms with Crippen LogP contribution >= 0.6 is 0 Å².